The third-order valence-electron chi connectivity index (χ3n) is 2.88. The van der Waals surface area contributed by atoms with E-state index in [1.54, 1.807) is 24.3 Å². The number of hydrogen-bond donors (Lipinski definition) is 3. The third-order valence-corrected chi connectivity index (χ3v) is 2.88. The summed E-state index contributed by atoms with van der Waals surface area (Å²) in [5.41, 5.74) is 1.17. The number of nitrogens with zero attached hydrogens (tertiary/aromatic N) is 1. The maximum Gasteiger partial charge on any atom is 0.319 e. The molecule has 1 atom stereocenters. The highest BCUT2D eigenvalue weighted by Crippen LogP contribution is 2.09. The predicted molar refractivity (Wildman–Crippen MR) is 69.2 cm³/mol. The van der Waals surface area contributed by atoms with Crippen molar-refractivity contribution in [3.05, 3.63) is 29.8 Å². The highest BCUT2D eigenvalue weighted by Gasteiger charge is 2.15. The fraction of sp³-hybridized carbons (Fsp3) is 0.385. The van der Waals surface area contributed by atoms with Crippen LogP contribution in [0.1, 0.15) is 18.4 Å². The van der Waals surface area contributed by atoms with E-state index >= 15 is 0 Å². The summed E-state index contributed by atoms with van der Waals surface area (Å²) in [5.74, 6) is 0. The van der Waals surface area contributed by atoms with Crippen LogP contribution < -0.4 is 16.0 Å². The number of amides is 2. The highest BCUT2D eigenvalue weighted by atomic mass is 16.2. The van der Waals surface area contributed by atoms with E-state index in [0.29, 0.717) is 11.3 Å². The van der Waals surface area contributed by atoms with Crippen LogP contribution in [0.4, 0.5) is 10.5 Å². The predicted octanol–water partition coefficient (Wildman–Crippen LogP) is 1.43. The summed E-state index contributed by atoms with van der Waals surface area (Å²) in [6, 6.07) is 8.86. The number of rotatable bonds is 2. The molecule has 0 bridgehead atoms. The Morgan fingerprint density at radius 2 is 2.39 bits per heavy atom. The van der Waals surface area contributed by atoms with Crippen LogP contribution in [-0.4, -0.2) is 25.2 Å². The Kier molecular flexibility index (Phi) is 4.15. The zero-order chi connectivity index (χ0) is 12.8. The van der Waals surface area contributed by atoms with Gasteiger partial charge in [0.15, 0.2) is 0 Å². The number of carbonyl (C=O) groups is 1. The first-order valence-corrected chi connectivity index (χ1v) is 6.06. The van der Waals surface area contributed by atoms with Crippen molar-refractivity contribution in [1.29, 1.82) is 5.26 Å². The van der Waals surface area contributed by atoms with Gasteiger partial charge in [-0.1, -0.05) is 6.07 Å². The Balaban J connectivity index is 1.88. The molecule has 1 heterocycles. The molecule has 5 nitrogen and oxygen atoms in total. The second kappa shape index (κ2) is 6.03. The van der Waals surface area contributed by atoms with Crippen molar-refractivity contribution in [1.82, 2.24) is 10.6 Å². The van der Waals surface area contributed by atoms with Crippen molar-refractivity contribution < 1.29 is 4.79 Å². The summed E-state index contributed by atoms with van der Waals surface area (Å²) < 4.78 is 0. The lowest BCUT2D eigenvalue weighted by Gasteiger charge is -2.23. The molecule has 5 heteroatoms. The molecule has 0 aliphatic carbocycles. The molecule has 0 saturated carbocycles. The zero-order valence-electron chi connectivity index (χ0n) is 10.1. The van der Waals surface area contributed by atoms with Crippen LogP contribution in [0.3, 0.4) is 0 Å². The van der Waals surface area contributed by atoms with E-state index < -0.39 is 0 Å². The fourth-order valence-corrected chi connectivity index (χ4v) is 1.99. The fourth-order valence-electron chi connectivity index (χ4n) is 1.99. The molecule has 94 valence electrons. The van der Waals surface area contributed by atoms with E-state index in [2.05, 4.69) is 16.0 Å². The number of anilines is 1. The zero-order valence-corrected chi connectivity index (χ0v) is 10.1. The summed E-state index contributed by atoms with van der Waals surface area (Å²) in [4.78, 5) is 11.7. The maximum absolute atomic E-state index is 11.7. The largest absolute Gasteiger partial charge is 0.334 e. The Labute approximate surface area is 106 Å². The van der Waals surface area contributed by atoms with Gasteiger partial charge in [0, 0.05) is 18.3 Å². The van der Waals surface area contributed by atoms with Gasteiger partial charge in [0.1, 0.15) is 0 Å². The molecule has 1 aliphatic heterocycles. The summed E-state index contributed by atoms with van der Waals surface area (Å²) >= 11 is 0. The number of nitriles is 1. The van der Waals surface area contributed by atoms with Crippen molar-refractivity contribution in [3.63, 3.8) is 0 Å². The Morgan fingerprint density at radius 3 is 3.11 bits per heavy atom. The van der Waals surface area contributed by atoms with Gasteiger partial charge in [0.2, 0.25) is 0 Å². The van der Waals surface area contributed by atoms with Crippen LogP contribution in [0.5, 0.6) is 0 Å². The Morgan fingerprint density at radius 1 is 1.50 bits per heavy atom. The van der Waals surface area contributed by atoms with Gasteiger partial charge in [-0.15, -0.1) is 0 Å². The molecule has 1 aliphatic rings. The topological polar surface area (TPSA) is 77.0 Å². The molecule has 18 heavy (non-hydrogen) atoms. The molecular weight excluding hydrogens is 228 g/mol. The highest BCUT2D eigenvalue weighted by molar-refractivity contribution is 5.89. The molecule has 1 saturated heterocycles. The van der Waals surface area contributed by atoms with E-state index in [1.165, 1.54) is 0 Å². The quantitative estimate of drug-likeness (QED) is 0.736. The van der Waals surface area contributed by atoms with E-state index in [-0.39, 0.29) is 12.1 Å². The maximum atomic E-state index is 11.7. The van der Waals surface area contributed by atoms with Crippen molar-refractivity contribution in [3.8, 4) is 6.07 Å². The molecule has 0 radical (unpaired) electrons. The van der Waals surface area contributed by atoms with Gasteiger partial charge in [-0.2, -0.15) is 5.26 Å². The molecule has 1 aromatic rings. The van der Waals surface area contributed by atoms with Crippen LogP contribution in [-0.2, 0) is 0 Å². The Hall–Kier alpha value is -2.06. The van der Waals surface area contributed by atoms with Gasteiger partial charge in [0.05, 0.1) is 11.6 Å². The van der Waals surface area contributed by atoms with Crippen molar-refractivity contribution >= 4 is 11.7 Å². The standard InChI is InChI=1S/C13H16N4O/c14-8-10-3-1-4-11(7-10)16-13(18)17-12-5-2-6-15-9-12/h1,3-4,7,12,15H,2,5-6,9H2,(H2,16,17,18). The number of benzene rings is 1. The van der Waals surface area contributed by atoms with Crippen molar-refractivity contribution in [2.24, 2.45) is 0 Å². The van der Waals surface area contributed by atoms with Gasteiger partial charge >= 0.3 is 6.03 Å². The molecule has 1 fully saturated rings. The van der Waals surface area contributed by atoms with Crippen LogP contribution in [0.25, 0.3) is 0 Å². The minimum atomic E-state index is -0.223. The van der Waals surface area contributed by atoms with Crippen molar-refractivity contribution in [2.45, 2.75) is 18.9 Å². The average molecular weight is 244 g/mol. The van der Waals surface area contributed by atoms with Crippen LogP contribution >= 0.6 is 0 Å². The van der Waals surface area contributed by atoms with Gasteiger partial charge in [-0.3, -0.25) is 0 Å². The normalized spacial score (nSPS) is 18.7. The summed E-state index contributed by atoms with van der Waals surface area (Å²) in [5, 5.41) is 17.7. The lowest BCUT2D eigenvalue weighted by Crippen LogP contribution is -2.47. The first-order valence-electron chi connectivity index (χ1n) is 6.06. The monoisotopic (exact) mass is 244 g/mol. The SMILES string of the molecule is N#Cc1cccc(NC(=O)NC2CCCNC2)c1. The lowest BCUT2D eigenvalue weighted by molar-refractivity contribution is 0.245. The summed E-state index contributed by atoms with van der Waals surface area (Å²) in [6.07, 6.45) is 2.08. The second-order valence-electron chi connectivity index (χ2n) is 4.33. The number of carbonyl (C=O) groups excluding carboxylic acids is 1. The molecule has 2 rings (SSSR count). The average Bonchev–Trinajstić information content (AvgIpc) is 2.40. The third kappa shape index (κ3) is 3.47. The van der Waals surface area contributed by atoms with E-state index in [9.17, 15) is 4.79 Å². The molecule has 0 spiro atoms. The lowest BCUT2D eigenvalue weighted by atomic mass is 10.1. The first-order chi connectivity index (χ1) is 8.78. The van der Waals surface area contributed by atoms with Gasteiger partial charge in [-0.25, -0.2) is 4.79 Å². The van der Waals surface area contributed by atoms with Crippen LogP contribution in [0.15, 0.2) is 24.3 Å². The van der Waals surface area contributed by atoms with Crippen LogP contribution in [0, 0.1) is 11.3 Å². The Bertz CT molecular complexity index is 460. The van der Waals surface area contributed by atoms with Gasteiger partial charge in [0.25, 0.3) is 0 Å². The van der Waals surface area contributed by atoms with E-state index in [0.717, 1.165) is 25.9 Å². The molecule has 3 N–H and O–H groups in total. The smallest absolute Gasteiger partial charge is 0.319 e. The van der Waals surface area contributed by atoms with Gasteiger partial charge < -0.3 is 16.0 Å². The van der Waals surface area contributed by atoms with Gasteiger partial charge in [-0.05, 0) is 37.6 Å². The molecule has 0 aromatic heterocycles. The molecule has 1 unspecified atom stereocenters. The minimum Gasteiger partial charge on any atom is -0.334 e. The number of nitrogens with one attached hydrogen (secondary N) is 3. The number of hydrogen-bond acceptors (Lipinski definition) is 3. The molecule has 1 aromatic carbocycles. The van der Waals surface area contributed by atoms with Crippen LogP contribution in [0.2, 0.25) is 0 Å². The van der Waals surface area contributed by atoms with Crippen molar-refractivity contribution in [2.75, 3.05) is 18.4 Å². The second-order valence-corrected chi connectivity index (χ2v) is 4.33. The summed E-state index contributed by atoms with van der Waals surface area (Å²) in [6.45, 7) is 1.83. The molecule has 2 amide bonds. The minimum absolute atomic E-state index is 0.179. The first kappa shape index (κ1) is 12.4. The number of piperidine rings is 1. The molecular formula is C13H16N4O. The number of urea groups is 1. The summed E-state index contributed by atoms with van der Waals surface area (Å²) in [7, 11) is 0. The van der Waals surface area contributed by atoms with E-state index in [4.69, 9.17) is 5.26 Å². The van der Waals surface area contributed by atoms with E-state index in [1.807, 2.05) is 6.07 Å².